The summed E-state index contributed by atoms with van der Waals surface area (Å²) in [6.07, 6.45) is 0. The summed E-state index contributed by atoms with van der Waals surface area (Å²) in [5, 5.41) is 10.8. The highest BCUT2D eigenvalue weighted by molar-refractivity contribution is 6.22. The third-order valence-electron chi connectivity index (χ3n) is 4.08. The molecule has 0 saturated carbocycles. The molecule has 2 aromatic carbocycles. The quantitative estimate of drug-likeness (QED) is 0.274. The summed E-state index contributed by atoms with van der Waals surface area (Å²) in [6.45, 7) is 2.97. The lowest BCUT2D eigenvalue weighted by Crippen LogP contribution is -2.36. The lowest BCUT2D eigenvalue weighted by Gasteiger charge is -2.14. The molecular weight excluding hydrogens is 340 g/mol. The Hall–Kier alpha value is -3.55. The van der Waals surface area contributed by atoms with Gasteiger partial charge in [-0.05, 0) is 31.0 Å². The highest BCUT2D eigenvalue weighted by atomic mass is 16.6. The zero-order chi connectivity index (χ0) is 19.0. The van der Waals surface area contributed by atoms with Gasteiger partial charge in [0.1, 0.15) is 12.3 Å². The van der Waals surface area contributed by atoms with Crippen molar-refractivity contribution in [2.24, 2.45) is 0 Å². The van der Waals surface area contributed by atoms with Gasteiger partial charge in [0.2, 0.25) is 0 Å². The average Bonchev–Trinajstić information content (AvgIpc) is 2.83. The number of para-hydroxylation sites is 1. The number of esters is 1. The van der Waals surface area contributed by atoms with E-state index in [9.17, 15) is 24.5 Å². The molecule has 1 heterocycles. The lowest BCUT2D eigenvalue weighted by atomic mass is 10.1. The molecule has 132 valence electrons. The van der Waals surface area contributed by atoms with Crippen LogP contribution in [0.1, 0.15) is 31.8 Å². The summed E-state index contributed by atoms with van der Waals surface area (Å²) in [5.74, 6) is -1.83. The molecule has 2 amide bonds. The molecule has 26 heavy (non-hydrogen) atoms. The van der Waals surface area contributed by atoms with Crippen LogP contribution < -0.4 is 4.74 Å². The fourth-order valence-electron chi connectivity index (χ4n) is 2.77. The third kappa shape index (κ3) is 2.92. The molecule has 1 aliphatic rings. The summed E-state index contributed by atoms with van der Waals surface area (Å²) < 4.78 is 5.30. The van der Waals surface area contributed by atoms with E-state index in [2.05, 4.69) is 0 Å². The standard InChI is InChI=1S/C18H14N2O6/c1-10-4-3-5-11(2)16(10)26-15(21)9-19-17(22)13-7-6-12(20(24)25)8-14(13)18(19)23/h3-8H,9H2,1-2H3. The molecular formula is C18H14N2O6. The molecule has 1 aliphatic heterocycles. The second-order valence-electron chi connectivity index (χ2n) is 5.88. The minimum Gasteiger partial charge on any atom is -0.425 e. The lowest BCUT2D eigenvalue weighted by molar-refractivity contribution is -0.384. The maximum absolute atomic E-state index is 12.4. The van der Waals surface area contributed by atoms with E-state index in [1.54, 1.807) is 26.0 Å². The number of non-ortho nitro benzene ring substituents is 1. The average molecular weight is 354 g/mol. The molecule has 0 spiro atoms. The SMILES string of the molecule is Cc1cccc(C)c1OC(=O)CN1C(=O)c2ccc([N+](=O)[O-])cc2C1=O. The van der Waals surface area contributed by atoms with Crippen molar-refractivity contribution in [1.82, 2.24) is 4.90 Å². The Labute approximate surface area is 148 Å². The van der Waals surface area contributed by atoms with E-state index < -0.39 is 29.3 Å². The number of ether oxygens (including phenoxy) is 1. The third-order valence-corrected chi connectivity index (χ3v) is 4.08. The minimum atomic E-state index is -0.772. The summed E-state index contributed by atoms with van der Waals surface area (Å²) in [7, 11) is 0. The number of benzene rings is 2. The molecule has 8 nitrogen and oxygen atoms in total. The van der Waals surface area contributed by atoms with E-state index in [1.165, 1.54) is 6.07 Å². The zero-order valence-electron chi connectivity index (χ0n) is 14.0. The number of nitro groups is 1. The van der Waals surface area contributed by atoms with E-state index in [-0.39, 0.29) is 16.8 Å². The molecule has 0 N–H and O–H groups in total. The Morgan fingerprint density at radius 2 is 1.69 bits per heavy atom. The van der Waals surface area contributed by atoms with Crippen LogP contribution in [0.25, 0.3) is 0 Å². The number of amides is 2. The van der Waals surface area contributed by atoms with Crippen LogP contribution in [-0.4, -0.2) is 34.2 Å². The van der Waals surface area contributed by atoms with Gasteiger partial charge in [-0.25, -0.2) is 4.79 Å². The van der Waals surface area contributed by atoms with Crippen LogP contribution in [0.15, 0.2) is 36.4 Å². The molecule has 2 aromatic rings. The van der Waals surface area contributed by atoms with Crippen LogP contribution >= 0.6 is 0 Å². The highest BCUT2D eigenvalue weighted by Crippen LogP contribution is 2.27. The smallest absolute Gasteiger partial charge is 0.331 e. The summed E-state index contributed by atoms with van der Waals surface area (Å²) in [5.41, 5.74) is 1.13. The number of aryl methyl sites for hydroxylation is 2. The van der Waals surface area contributed by atoms with Gasteiger partial charge >= 0.3 is 5.97 Å². The zero-order valence-corrected chi connectivity index (χ0v) is 14.0. The van der Waals surface area contributed by atoms with E-state index >= 15 is 0 Å². The highest BCUT2D eigenvalue weighted by Gasteiger charge is 2.38. The Balaban J connectivity index is 1.80. The number of hydrogen-bond donors (Lipinski definition) is 0. The van der Waals surface area contributed by atoms with Crippen molar-refractivity contribution in [2.45, 2.75) is 13.8 Å². The van der Waals surface area contributed by atoms with Crippen LogP contribution in [0.2, 0.25) is 0 Å². The number of nitro benzene ring substituents is 1. The van der Waals surface area contributed by atoms with E-state index in [0.29, 0.717) is 5.75 Å². The maximum atomic E-state index is 12.4. The van der Waals surface area contributed by atoms with Crippen molar-refractivity contribution in [3.8, 4) is 5.75 Å². The first-order valence-corrected chi connectivity index (χ1v) is 7.71. The number of carbonyl (C=O) groups is 3. The molecule has 0 fully saturated rings. The van der Waals surface area contributed by atoms with Gasteiger partial charge in [0.25, 0.3) is 17.5 Å². The van der Waals surface area contributed by atoms with Crippen LogP contribution in [0, 0.1) is 24.0 Å². The van der Waals surface area contributed by atoms with Crippen LogP contribution in [0.3, 0.4) is 0 Å². The van der Waals surface area contributed by atoms with Gasteiger partial charge in [0.05, 0.1) is 16.1 Å². The second-order valence-corrected chi connectivity index (χ2v) is 5.88. The van der Waals surface area contributed by atoms with Crippen LogP contribution in [0.5, 0.6) is 5.75 Å². The summed E-state index contributed by atoms with van der Waals surface area (Å²) in [6, 6.07) is 8.76. The summed E-state index contributed by atoms with van der Waals surface area (Å²) in [4.78, 5) is 47.8. The van der Waals surface area contributed by atoms with E-state index in [4.69, 9.17) is 4.74 Å². The molecule has 0 bridgehead atoms. The predicted octanol–water partition coefficient (Wildman–Crippen LogP) is 2.41. The molecule has 0 unspecified atom stereocenters. The van der Waals surface area contributed by atoms with Crippen molar-refractivity contribution in [3.05, 3.63) is 68.8 Å². The normalized spacial score (nSPS) is 12.9. The van der Waals surface area contributed by atoms with Crippen molar-refractivity contribution < 1.29 is 24.0 Å². The largest absolute Gasteiger partial charge is 0.425 e. The Morgan fingerprint density at radius 1 is 1.08 bits per heavy atom. The second kappa shape index (κ2) is 6.40. The van der Waals surface area contributed by atoms with Crippen molar-refractivity contribution >= 4 is 23.5 Å². The molecule has 0 aliphatic carbocycles. The first-order chi connectivity index (χ1) is 12.3. The molecule has 8 heteroatoms. The van der Waals surface area contributed by atoms with Gasteiger partial charge in [-0.2, -0.15) is 0 Å². The monoisotopic (exact) mass is 354 g/mol. The fraction of sp³-hybridized carbons (Fsp3) is 0.167. The minimum absolute atomic E-state index is 0.0282. The molecule has 3 rings (SSSR count). The van der Waals surface area contributed by atoms with Crippen molar-refractivity contribution in [3.63, 3.8) is 0 Å². The number of rotatable bonds is 4. The van der Waals surface area contributed by atoms with Gasteiger partial charge in [-0.1, -0.05) is 18.2 Å². The Bertz CT molecular complexity index is 946. The number of imide groups is 1. The molecule has 0 saturated heterocycles. The van der Waals surface area contributed by atoms with Gasteiger partial charge in [0, 0.05) is 12.1 Å². The topological polar surface area (TPSA) is 107 Å². The van der Waals surface area contributed by atoms with Crippen molar-refractivity contribution in [2.75, 3.05) is 6.54 Å². The summed E-state index contributed by atoms with van der Waals surface area (Å²) >= 11 is 0. The van der Waals surface area contributed by atoms with Gasteiger partial charge < -0.3 is 4.74 Å². The first-order valence-electron chi connectivity index (χ1n) is 7.71. The predicted molar refractivity (Wildman–Crippen MR) is 90.0 cm³/mol. The van der Waals surface area contributed by atoms with Crippen LogP contribution in [-0.2, 0) is 4.79 Å². The van der Waals surface area contributed by atoms with Gasteiger partial charge in [-0.3, -0.25) is 24.6 Å². The Kier molecular flexibility index (Phi) is 4.25. The van der Waals surface area contributed by atoms with Gasteiger partial charge in [-0.15, -0.1) is 0 Å². The Morgan fingerprint density at radius 3 is 2.31 bits per heavy atom. The number of nitrogens with zero attached hydrogens (tertiary/aromatic N) is 2. The van der Waals surface area contributed by atoms with Gasteiger partial charge in [0.15, 0.2) is 0 Å². The number of carbonyl (C=O) groups excluding carboxylic acids is 3. The van der Waals surface area contributed by atoms with E-state index in [0.717, 1.165) is 28.2 Å². The first kappa shape index (κ1) is 17.3. The molecule has 0 atom stereocenters. The van der Waals surface area contributed by atoms with Crippen molar-refractivity contribution in [1.29, 1.82) is 0 Å². The maximum Gasteiger partial charge on any atom is 0.331 e. The molecule has 0 radical (unpaired) electrons. The van der Waals surface area contributed by atoms with E-state index in [1.807, 2.05) is 6.07 Å². The van der Waals surface area contributed by atoms with Crippen LogP contribution in [0.4, 0.5) is 5.69 Å². The number of fused-ring (bicyclic) bond motifs is 1. The molecule has 0 aromatic heterocycles. The fourth-order valence-corrected chi connectivity index (χ4v) is 2.77. The number of hydrogen-bond acceptors (Lipinski definition) is 6.